The first kappa shape index (κ1) is 16.1. The molecular weight excluding hydrogens is 348 g/mol. The third kappa shape index (κ3) is 2.44. The van der Waals surface area contributed by atoms with E-state index in [0.717, 1.165) is 43.6 Å². The number of fused-ring (bicyclic) bond motifs is 6. The van der Waals surface area contributed by atoms with Crippen molar-refractivity contribution in [1.82, 2.24) is 15.3 Å². The van der Waals surface area contributed by atoms with Crippen LogP contribution >= 0.6 is 0 Å². The van der Waals surface area contributed by atoms with Crippen LogP contribution in [0, 0.1) is 11.6 Å². The molecule has 3 N–H and O–H groups in total. The topological polar surface area (TPSA) is 52.8 Å². The van der Waals surface area contributed by atoms with Crippen molar-refractivity contribution in [2.45, 2.75) is 0 Å². The van der Waals surface area contributed by atoms with Crippen LogP contribution in [0.5, 0.6) is 5.75 Å². The average Bonchev–Trinajstić information content (AvgIpc) is 3.19. The molecule has 0 radical (unpaired) electrons. The Bertz CT molecular complexity index is 1230. The summed E-state index contributed by atoms with van der Waals surface area (Å²) < 4.78 is 33.8. The minimum atomic E-state index is -0.300. The van der Waals surface area contributed by atoms with Gasteiger partial charge in [-0.15, -0.1) is 0 Å². The maximum atomic E-state index is 13.8. The van der Waals surface area contributed by atoms with Crippen molar-refractivity contribution in [1.29, 1.82) is 0 Å². The Kier molecular flexibility index (Phi) is 3.55. The summed E-state index contributed by atoms with van der Waals surface area (Å²) in [5.74, 6) is 0.0585. The minimum Gasteiger partial charge on any atom is -0.488 e. The molecule has 0 spiro atoms. The largest absolute Gasteiger partial charge is 0.488 e. The van der Waals surface area contributed by atoms with Crippen molar-refractivity contribution in [2.75, 3.05) is 20.2 Å². The summed E-state index contributed by atoms with van der Waals surface area (Å²) in [5, 5.41) is 6.30. The molecule has 27 heavy (non-hydrogen) atoms. The molecule has 4 nitrogen and oxygen atoms in total. The summed E-state index contributed by atoms with van der Waals surface area (Å²) in [6.07, 6.45) is 0. The maximum absolute atomic E-state index is 13.8. The van der Waals surface area contributed by atoms with Crippen LogP contribution in [0.1, 0.15) is 0 Å². The Hall–Kier alpha value is -3.12. The molecule has 0 saturated heterocycles. The summed E-state index contributed by atoms with van der Waals surface area (Å²) >= 11 is 0. The lowest BCUT2D eigenvalue weighted by Crippen LogP contribution is -2.16. The summed E-state index contributed by atoms with van der Waals surface area (Å²) in [6, 6.07) is 11.3. The zero-order valence-electron chi connectivity index (χ0n) is 14.6. The molecule has 6 heteroatoms. The predicted octanol–water partition coefficient (Wildman–Crippen LogP) is 4.83. The van der Waals surface area contributed by atoms with Gasteiger partial charge in [0.05, 0.1) is 11.0 Å². The van der Waals surface area contributed by atoms with Gasteiger partial charge in [-0.05, 0) is 49.5 Å². The van der Waals surface area contributed by atoms with E-state index in [2.05, 4.69) is 15.3 Å². The molecule has 0 aliphatic carbocycles. The van der Waals surface area contributed by atoms with Crippen LogP contribution in [0.15, 0.2) is 42.5 Å². The Balaban J connectivity index is 1.91. The average molecular weight is 365 g/mol. The van der Waals surface area contributed by atoms with Crippen LogP contribution in [0.4, 0.5) is 8.78 Å². The van der Waals surface area contributed by atoms with Gasteiger partial charge in [0.15, 0.2) is 5.75 Å². The number of benzene rings is 3. The second-order valence-corrected chi connectivity index (χ2v) is 6.63. The van der Waals surface area contributed by atoms with Gasteiger partial charge in [-0.2, -0.15) is 0 Å². The van der Waals surface area contributed by atoms with Gasteiger partial charge >= 0.3 is 0 Å². The number of aromatic nitrogens is 2. The van der Waals surface area contributed by atoms with Gasteiger partial charge in [0.2, 0.25) is 0 Å². The zero-order chi connectivity index (χ0) is 18.5. The standard InChI is InChI=1S/C21H17F2N3O/c1-24-6-7-27-21-19-15(13-8-11(22)2-4-17(13)25-19)10-16-14-9-12(23)3-5-18(14)26-20(16)21/h2-5,8-10,24-26H,6-7H2,1H3. The number of rotatable bonds is 4. The van der Waals surface area contributed by atoms with Crippen molar-refractivity contribution in [3.05, 3.63) is 54.1 Å². The number of aromatic amines is 2. The van der Waals surface area contributed by atoms with E-state index in [0.29, 0.717) is 18.9 Å². The first-order chi connectivity index (χ1) is 13.2. The van der Waals surface area contributed by atoms with Gasteiger partial charge in [-0.1, -0.05) is 0 Å². The molecule has 2 aromatic heterocycles. The molecule has 2 heterocycles. The molecular formula is C21H17F2N3O. The summed E-state index contributed by atoms with van der Waals surface area (Å²) in [7, 11) is 1.86. The highest BCUT2D eigenvalue weighted by atomic mass is 19.1. The van der Waals surface area contributed by atoms with E-state index >= 15 is 0 Å². The number of H-pyrrole nitrogens is 2. The van der Waals surface area contributed by atoms with E-state index in [1.54, 1.807) is 12.1 Å². The van der Waals surface area contributed by atoms with Crippen LogP contribution in [0.25, 0.3) is 43.6 Å². The molecule has 0 bridgehead atoms. The lowest BCUT2D eigenvalue weighted by Gasteiger charge is -2.09. The smallest absolute Gasteiger partial charge is 0.167 e. The Morgan fingerprint density at radius 3 is 1.89 bits per heavy atom. The second-order valence-electron chi connectivity index (χ2n) is 6.63. The first-order valence-corrected chi connectivity index (χ1v) is 8.78. The highest BCUT2D eigenvalue weighted by Gasteiger charge is 2.18. The van der Waals surface area contributed by atoms with E-state index < -0.39 is 0 Å². The lowest BCUT2D eigenvalue weighted by molar-refractivity contribution is 0.324. The minimum absolute atomic E-state index is 0.300. The van der Waals surface area contributed by atoms with Crippen molar-refractivity contribution in [2.24, 2.45) is 0 Å². The van der Waals surface area contributed by atoms with Gasteiger partial charge in [0, 0.05) is 39.1 Å². The molecule has 3 aromatic carbocycles. The summed E-state index contributed by atoms with van der Waals surface area (Å²) in [6.45, 7) is 1.15. The number of nitrogens with one attached hydrogen (secondary N) is 3. The molecule has 5 aromatic rings. The Morgan fingerprint density at radius 1 is 0.815 bits per heavy atom. The van der Waals surface area contributed by atoms with Crippen LogP contribution in [-0.4, -0.2) is 30.2 Å². The van der Waals surface area contributed by atoms with Crippen molar-refractivity contribution >= 4 is 43.6 Å². The first-order valence-electron chi connectivity index (χ1n) is 8.78. The molecule has 0 unspecified atom stereocenters. The Labute approximate surface area is 153 Å². The van der Waals surface area contributed by atoms with E-state index in [1.807, 2.05) is 13.1 Å². The molecule has 0 aliphatic rings. The van der Waals surface area contributed by atoms with Crippen molar-refractivity contribution in [3.63, 3.8) is 0 Å². The Morgan fingerprint density at radius 2 is 1.37 bits per heavy atom. The maximum Gasteiger partial charge on any atom is 0.167 e. The lowest BCUT2D eigenvalue weighted by atomic mass is 10.1. The number of ether oxygens (including phenoxy) is 1. The fourth-order valence-corrected chi connectivity index (χ4v) is 3.70. The van der Waals surface area contributed by atoms with Crippen LogP contribution in [-0.2, 0) is 0 Å². The monoisotopic (exact) mass is 365 g/mol. The van der Waals surface area contributed by atoms with Crippen LogP contribution in [0.2, 0.25) is 0 Å². The molecule has 5 rings (SSSR count). The van der Waals surface area contributed by atoms with Crippen LogP contribution < -0.4 is 10.1 Å². The third-order valence-corrected chi connectivity index (χ3v) is 4.94. The quantitative estimate of drug-likeness (QED) is 0.400. The van der Waals surface area contributed by atoms with Gasteiger partial charge in [0.25, 0.3) is 0 Å². The van der Waals surface area contributed by atoms with Gasteiger partial charge in [-0.3, -0.25) is 0 Å². The fourth-order valence-electron chi connectivity index (χ4n) is 3.70. The molecule has 0 amide bonds. The zero-order valence-corrected chi connectivity index (χ0v) is 14.6. The second kappa shape index (κ2) is 5.96. The molecule has 0 aliphatic heterocycles. The molecule has 0 fully saturated rings. The molecule has 0 saturated carbocycles. The predicted molar refractivity (Wildman–Crippen MR) is 105 cm³/mol. The van der Waals surface area contributed by atoms with Crippen molar-refractivity contribution < 1.29 is 13.5 Å². The van der Waals surface area contributed by atoms with E-state index in [1.165, 1.54) is 24.3 Å². The number of halogens is 2. The van der Waals surface area contributed by atoms with Crippen LogP contribution in [0.3, 0.4) is 0 Å². The normalized spacial score (nSPS) is 12.0. The molecule has 136 valence electrons. The number of hydrogen-bond acceptors (Lipinski definition) is 2. The summed E-state index contributed by atoms with van der Waals surface area (Å²) in [5.41, 5.74) is 3.25. The van der Waals surface area contributed by atoms with Gasteiger partial charge < -0.3 is 20.0 Å². The van der Waals surface area contributed by atoms with Gasteiger partial charge in [-0.25, -0.2) is 8.78 Å². The third-order valence-electron chi connectivity index (χ3n) is 4.94. The summed E-state index contributed by atoms with van der Waals surface area (Å²) in [4.78, 5) is 6.68. The fraction of sp³-hybridized carbons (Fsp3) is 0.143. The van der Waals surface area contributed by atoms with E-state index in [9.17, 15) is 8.78 Å². The highest BCUT2D eigenvalue weighted by Crippen LogP contribution is 2.41. The van der Waals surface area contributed by atoms with E-state index in [4.69, 9.17) is 4.74 Å². The molecule has 0 atom stereocenters. The number of hydrogen-bond donors (Lipinski definition) is 3. The highest BCUT2D eigenvalue weighted by molar-refractivity contribution is 6.20. The van der Waals surface area contributed by atoms with Gasteiger partial charge in [0.1, 0.15) is 18.2 Å². The number of likely N-dealkylation sites (N-methyl/N-ethyl adjacent to an activating group) is 1. The van der Waals surface area contributed by atoms with Crippen molar-refractivity contribution in [3.8, 4) is 5.75 Å². The SMILES string of the molecule is CNCCOc1c2[nH]c3ccc(F)cc3c2cc2c1[nH]c1ccc(F)cc12. The van der Waals surface area contributed by atoms with E-state index in [-0.39, 0.29) is 11.6 Å².